The van der Waals surface area contributed by atoms with Crippen LogP contribution in [0.2, 0.25) is 0 Å². The van der Waals surface area contributed by atoms with Crippen LogP contribution in [-0.4, -0.2) is 12.6 Å². The zero-order chi connectivity index (χ0) is 12.7. The van der Waals surface area contributed by atoms with Crippen molar-refractivity contribution in [1.29, 1.82) is 0 Å². The van der Waals surface area contributed by atoms with Crippen LogP contribution in [0.1, 0.15) is 33.1 Å². The maximum Gasteiger partial charge on any atom is 0.120 e. The zero-order valence-corrected chi connectivity index (χ0v) is 12.2. The van der Waals surface area contributed by atoms with Crippen molar-refractivity contribution >= 4 is 15.9 Å². The summed E-state index contributed by atoms with van der Waals surface area (Å²) < 4.78 is 6.70. The molecule has 0 radical (unpaired) electrons. The summed E-state index contributed by atoms with van der Waals surface area (Å²) >= 11 is 3.42. The van der Waals surface area contributed by atoms with Gasteiger partial charge in [-0.3, -0.25) is 0 Å². The van der Waals surface area contributed by atoms with Crippen LogP contribution in [0.5, 0.6) is 5.75 Å². The molecular weight excluding hydrogens is 278 g/mol. The minimum Gasteiger partial charge on any atom is -0.494 e. The highest BCUT2D eigenvalue weighted by atomic mass is 79.9. The lowest BCUT2D eigenvalue weighted by Crippen LogP contribution is -2.22. The van der Waals surface area contributed by atoms with Crippen LogP contribution in [0.3, 0.4) is 0 Å². The highest BCUT2D eigenvalue weighted by molar-refractivity contribution is 9.10. The van der Waals surface area contributed by atoms with Gasteiger partial charge in [0.25, 0.3) is 0 Å². The Kier molecular flexibility index (Phi) is 6.60. The molecule has 2 nitrogen and oxygen atoms in total. The summed E-state index contributed by atoms with van der Waals surface area (Å²) in [4.78, 5) is 0. The van der Waals surface area contributed by atoms with E-state index >= 15 is 0 Å². The van der Waals surface area contributed by atoms with Crippen molar-refractivity contribution in [1.82, 2.24) is 0 Å². The first kappa shape index (κ1) is 14.5. The van der Waals surface area contributed by atoms with Crippen LogP contribution in [0.15, 0.2) is 28.7 Å². The molecule has 1 aromatic rings. The Morgan fingerprint density at radius 2 is 2.12 bits per heavy atom. The van der Waals surface area contributed by atoms with Crippen molar-refractivity contribution in [2.75, 3.05) is 6.61 Å². The number of benzene rings is 1. The summed E-state index contributed by atoms with van der Waals surface area (Å²) in [7, 11) is 0. The van der Waals surface area contributed by atoms with Crippen LogP contribution in [0, 0.1) is 5.92 Å². The maximum atomic E-state index is 6.02. The second-order valence-electron chi connectivity index (χ2n) is 4.84. The lowest BCUT2D eigenvalue weighted by molar-refractivity contribution is 0.297. The van der Waals surface area contributed by atoms with Gasteiger partial charge < -0.3 is 10.5 Å². The molecule has 0 amide bonds. The number of ether oxygens (including phenoxy) is 1. The third kappa shape index (κ3) is 6.69. The van der Waals surface area contributed by atoms with Gasteiger partial charge in [0.2, 0.25) is 0 Å². The van der Waals surface area contributed by atoms with Crippen molar-refractivity contribution in [3.8, 4) is 5.75 Å². The molecule has 1 unspecified atom stereocenters. The minimum absolute atomic E-state index is 0.307. The zero-order valence-electron chi connectivity index (χ0n) is 10.7. The van der Waals surface area contributed by atoms with E-state index in [-0.39, 0.29) is 0 Å². The smallest absolute Gasteiger partial charge is 0.120 e. The fourth-order valence-electron chi connectivity index (χ4n) is 1.82. The van der Waals surface area contributed by atoms with Gasteiger partial charge >= 0.3 is 0 Å². The summed E-state index contributed by atoms with van der Waals surface area (Å²) in [5.41, 5.74) is 6.02. The van der Waals surface area contributed by atoms with Crippen LogP contribution in [0.4, 0.5) is 0 Å². The molecule has 0 spiro atoms. The van der Waals surface area contributed by atoms with Gasteiger partial charge in [-0.05, 0) is 43.4 Å². The van der Waals surface area contributed by atoms with Gasteiger partial charge in [0.15, 0.2) is 0 Å². The van der Waals surface area contributed by atoms with Crippen molar-refractivity contribution < 1.29 is 4.74 Å². The average molecular weight is 300 g/mol. The molecule has 0 heterocycles. The van der Waals surface area contributed by atoms with Crippen LogP contribution < -0.4 is 10.5 Å². The van der Waals surface area contributed by atoms with Gasteiger partial charge in [-0.15, -0.1) is 0 Å². The first-order valence-corrected chi connectivity index (χ1v) is 7.01. The van der Waals surface area contributed by atoms with Crippen LogP contribution >= 0.6 is 15.9 Å². The summed E-state index contributed by atoms with van der Waals surface area (Å²) in [5.74, 6) is 1.59. The van der Waals surface area contributed by atoms with E-state index in [0.717, 1.165) is 36.1 Å². The molecule has 0 aromatic heterocycles. The van der Waals surface area contributed by atoms with E-state index in [9.17, 15) is 0 Å². The molecule has 0 aliphatic carbocycles. The molecule has 3 heteroatoms. The van der Waals surface area contributed by atoms with Gasteiger partial charge in [0.1, 0.15) is 5.75 Å². The molecule has 0 saturated heterocycles. The molecule has 2 N–H and O–H groups in total. The first-order valence-electron chi connectivity index (χ1n) is 6.22. The molecule has 0 saturated carbocycles. The van der Waals surface area contributed by atoms with Gasteiger partial charge in [0.05, 0.1) is 6.61 Å². The topological polar surface area (TPSA) is 35.2 Å². The monoisotopic (exact) mass is 299 g/mol. The Morgan fingerprint density at radius 3 is 2.76 bits per heavy atom. The second-order valence-corrected chi connectivity index (χ2v) is 5.75. The number of halogens is 1. The Hall–Kier alpha value is -0.540. The van der Waals surface area contributed by atoms with E-state index < -0.39 is 0 Å². The molecule has 96 valence electrons. The van der Waals surface area contributed by atoms with E-state index in [1.165, 1.54) is 0 Å². The summed E-state index contributed by atoms with van der Waals surface area (Å²) in [6.45, 7) is 5.15. The molecular formula is C14H22BrNO. The standard InChI is InChI=1S/C14H22BrNO/c1-11(2)9-13(16)6-4-8-17-14-7-3-5-12(15)10-14/h3,5,7,10-11,13H,4,6,8-9,16H2,1-2H3. The predicted molar refractivity (Wildman–Crippen MR) is 76.3 cm³/mol. The Labute approximate surface area is 113 Å². The van der Waals surface area contributed by atoms with Crippen LogP contribution in [0.25, 0.3) is 0 Å². The van der Waals surface area contributed by atoms with Crippen molar-refractivity contribution in [2.45, 2.75) is 39.2 Å². The van der Waals surface area contributed by atoms with E-state index in [1.54, 1.807) is 0 Å². The lowest BCUT2D eigenvalue weighted by atomic mass is 10.0. The average Bonchev–Trinajstić information content (AvgIpc) is 2.23. The SMILES string of the molecule is CC(C)CC(N)CCCOc1cccc(Br)c1. The molecule has 17 heavy (non-hydrogen) atoms. The van der Waals surface area contributed by atoms with Gasteiger partial charge in [-0.1, -0.05) is 35.8 Å². The second kappa shape index (κ2) is 7.72. The van der Waals surface area contributed by atoms with Crippen LogP contribution in [-0.2, 0) is 0 Å². The summed E-state index contributed by atoms with van der Waals surface area (Å²) in [5, 5.41) is 0. The van der Waals surface area contributed by atoms with Crippen molar-refractivity contribution in [3.63, 3.8) is 0 Å². The van der Waals surface area contributed by atoms with Gasteiger partial charge in [-0.25, -0.2) is 0 Å². The van der Waals surface area contributed by atoms with Gasteiger partial charge in [-0.2, -0.15) is 0 Å². The first-order chi connectivity index (χ1) is 8.08. The Balaban J connectivity index is 2.16. The fraction of sp³-hybridized carbons (Fsp3) is 0.571. The quantitative estimate of drug-likeness (QED) is 0.773. The summed E-state index contributed by atoms with van der Waals surface area (Å²) in [6, 6.07) is 8.23. The highest BCUT2D eigenvalue weighted by Crippen LogP contribution is 2.18. The van der Waals surface area contributed by atoms with Gasteiger partial charge in [0, 0.05) is 10.5 Å². The largest absolute Gasteiger partial charge is 0.494 e. The van der Waals surface area contributed by atoms with E-state index in [0.29, 0.717) is 12.0 Å². The predicted octanol–water partition coefficient (Wildman–Crippen LogP) is 3.98. The molecule has 0 fully saturated rings. The molecule has 1 aromatic carbocycles. The molecule has 0 aliphatic rings. The van der Waals surface area contributed by atoms with E-state index in [2.05, 4.69) is 29.8 Å². The normalized spacial score (nSPS) is 12.8. The Morgan fingerprint density at radius 1 is 1.35 bits per heavy atom. The number of rotatable bonds is 7. The molecule has 1 atom stereocenters. The lowest BCUT2D eigenvalue weighted by Gasteiger charge is -2.14. The maximum absolute atomic E-state index is 6.02. The van der Waals surface area contributed by atoms with Crippen molar-refractivity contribution in [3.05, 3.63) is 28.7 Å². The third-order valence-corrected chi connectivity index (χ3v) is 3.05. The summed E-state index contributed by atoms with van der Waals surface area (Å²) in [6.07, 6.45) is 3.14. The van der Waals surface area contributed by atoms with E-state index in [1.807, 2.05) is 24.3 Å². The number of hydrogen-bond acceptors (Lipinski definition) is 2. The highest BCUT2D eigenvalue weighted by Gasteiger charge is 2.05. The Bertz CT molecular complexity index is 328. The van der Waals surface area contributed by atoms with E-state index in [4.69, 9.17) is 10.5 Å². The fourth-order valence-corrected chi connectivity index (χ4v) is 2.19. The third-order valence-electron chi connectivity index (χ3n) is 2.56. The molecule has 0 aliphatic heterocycles. The van der Waals surface area contributed by atoms with Crippen molar-refractivity contribution in [2.24, 2.45) is 11.7 Å². The molecule has 0 bridgehead atoms. The number of hydrogen-bond donors (Lipinski definition) is 1. The molecule has 1 rings (SSSR count). The number of nitrogens with two attached hydrogens (primary N) is 1. The minimum atomic E-state index is 0.307.